The van der Waals surface area contributed by atoms with Gasteiger partial charge in [0.25, 0.3) is 5.91 Å². The predicted octanol–water partition coefficient (Wildman–Crippen LogP) is 3.43. The van der Waals surface area contributed by atoms with Crippen LogP contribution in [0.1, 0.15) is 37.0 Å². The molecule has 0 N–H and O–H groups in total. The van der Waals surface area contributed by atoms with Crippen LogP contribution < -0.4 is 0 Å². The Morgan fingerprint density at radius 3 is 2.52 bits per heavy atom. The summed E-state index contributed by atoms with van der Waals surface area (Å²) in [6.07, 6.45) is 1.88. The molecule has 1 amide bonds. The average molecular weight is 313 g/mol. The molecule has 1 aromatic carbocycles. The summed E-state index contributed by atoms with van der Waals surface area (Å²) in [6.45, 7) is 7.71. The highest BCUT2D eigenvalue weighted by atomic mass is 35.5. The molecular weight excluding hydrogens is 291 g/mol. The molecule has 1 saturated heterocycles. The third-order valence-electron chi connectivity index (χ3n) is 4.24. The molecule has 1 fully saturated rings. The monoisotopic (exact) mass is 312 g/mol. The van der Waals surface area contributed by atoms with Crippen LogP contribution >= 0.6 is 11.6 Å². The molecule has 0 atom stereocenters. The van der Waals surface area contributed by atoms with Gasteiger partial charge in [0.1, 0.15) is 5.82 Å². The van der Waals surface area contributed by atoms with E-state index in [1.165, 1.54) is 18.2 Å². The van der Waals surface area contributed by atoms with Crippen LogP contribution in [-0.2, 0) is 0 Å². The number of carbonyl (C=O) groups excluding carboxylic acids is 1. The minimum atomic E-state index is -0.504. The van der Waals surface area contributed by atoms with Crippen molar-refractivity contribution in [3.8, 4) is 0 Å². The van der Waals surface area contributed by atoms with Crippen molar-refractivity contribution in [2.75, 3.05) is 26.2 Å². The highest BCUT2D eigenvalue weighted by molar-refractivity contribution is 6.31. The Hall–Kier alpha value is -1.13. The topological polar surface area (TPSA) is 23.6 Å². The molecule has 21 heavy (non-hydrogen) atoms. The zero-order valence-corrected chi connectivity index (χ0v) is 13.4. The van der Waals surface area contributed by atoms with Crippen LogP contribution in [0.3, 0.4) is 0 Å². The van der Waals surface area contributed by atoms with Gasteiger partial charge in [-0.05, 0) is 44.1 Å². The molecular formula is C16H22ClFN2O. The van der Waals surface area contributed by atoms with Crippen LogP contribution in [-0.4, -0.2) is 47.9 Å². The molecule has 0 unspecified atom stereocenters. The van der Waals surface area contributed by atoms with Crippen molar-refractivity contribution >= 4 is 17.5 Å². The Morgan fingerprint density at radius 1 is 1.33 bits per heavy atom. The molecule has 1 heterocycles. The first kappa shape index (κ1) is 16.2. The van der Waals surface area contributed by atoms with Crippen molar-refractivity contribution in [2.45, 2.75) is 32.7 Å². The van der Waals surface area contributed by atoms with Crippen molar-refractivity contribution in [2.24, 2.45) is 0 Å². The number of rotatable bonds is 4. The van der Waals surface area contributed by atoms with Crippen molar-refractivity contribution in [1.82, 2.24) is 9.80 Å². The Labute approximate surface area is 130 Å². The van der Waals surface area contributed by atoms with E-state index in [0.717, 1.165) is 25.9 Å². The molecule has 0 radical (unpaired) electrons. The summed E-state index contributed by atoms with van der Waals surface area (Å²) in [5.74, 6) is -0.761. The Bertz CT molecular complexity index is 497. The number of hydrogen-bond donors (Lipinski definition) is 0. The fourth-order valence-corrected chi connectivity index (χ4v) is 3.18. The van der Waals surface area contributed by atoms with Gasteiger partial charge >= 0.3 is 0 Å². The largest absolute Gasteiger partial charge is 0.338 e. The number of nitrogens with zero attached hydrogens (tertiary/aromatic N) is 2. The quantitative estimate of drug-likeness (QED) is 0.850. The third-order valence-corrected chi connectivity index (χ3v) is 4.47. The molecule has 1 aromatic rings. The van der Waals surface area contributed by atoms with Gasteiger partial charge in [-0.3, -0.25) is 4.79 Å². The zero-order valence-electron chi connectivity index (χ0n) is 12.6. The molecule has 0 aromatic heterocycles. The molecule has 1 aliphatic heterocycles. The maximum absolute atomic E-state index is 13.8. The van der Waals surface area contributed by atoms with E-state index in [9.17, 15) is 9.18 Å². The summed E-state index contributed by atoms with van der Waals surface area (Å²) in [7, 11) is 0. The molecule has 3 nitrogen and oxygen atoms in total. The molecule has 0 aliphatic carbocycles. The lowest BCUT2D eigenvalue weighted by atomic mass is 10.0. The molecule has 0 spiro atoms. The van der Waals surface area contributed by atoms with E-state index in [1.807, 2.05) is 0 Å². The lowest BCUT2D eigenvalue weighted by Crippen LogP contribution is -2.46. The standard InChI is InChI=1S/C16H22ClFN2O/c1-3-19(4-2)13-7-9-20(10-8-13)16(21)14-11-12(17)5-6-15(14)18/h5-6,11,13H,3-4,7-10H2,1-2H3. The number of halogens is 2. The zero-order chi connectivity index (χ0) is 15.4. The summed E-state index contributed by atoms with van der Waals surface area (Å²) >= 11 is 5.86. The highest BCUT2D eigenvalue weighted by Gasteiger charge is 2.27. The number of carbonyl (C=O) groups is 1. The van der Waals surface area contributed by atoms with Crippen LogP contribution in [0.4, 0.5) is 4.39 Å². The van der Waals surface area contributed by atoms with Crippen molar-refractivity contribution < 1.29 is 9.18 Å². The van der Waals surface area contributed by atoms with E-state index in [-0.39, 0.29) is 11.5 Å². The lowest BCUT2D eigenvalue weighted by molar-refractivity contribution is 0.0627. The first-order valence-electron chi connectivity index (χ1n) is 7.55. The maximum Gasteiger partial charge on any atom is 0.256 e. The minimum Gasteiger partial charge on any atom is -0.338 e. The van der Waals surface area contributed by atoms with Gasteiger partial charge in [-0.2, -0.15) is 0 Å². The van der Waals surface area contributed by atoms with Gasteiger partial charge in [0.05, 0.1) is 5.56 Å². The number of hydrogen-bond acceptors (Lipinski definition) is 2. The second-order valence-electron chi connectivity index (χ2n) is 5.37. The van der Waals surface area contributed by atoms with Crippen molar-refractivity contribution in [1.29, 1.82) is 0 Å². The molecule has 1 aliphatic rings. The highest BCUT2D eigenvalue weighted by Crippen LogP contribution is 2.21. The summed E-state index contributed by atoms with van der Waals surface area (Å²) in [5, 5.41) is 0.387. The fraction of sp³-hybridized carbons (Fsp3) is 0.562. The Kier molecular flexibility index (Phi) is 5.59. The average Bonchev–Trinajstić information content (AvgIpc) is 2.51. The van der Waals surface area contributed by atoms with Gasteiger partial charge in [0, 0.05) is 24.2 Å². The molecule has 116 valence electrons. The summed E-state index contributed by atoms with van der Waals surface area (Å²) in [4.78, 5) is 16.6. The smallest absolute Gasteiger partial charge is 0.256 e. The van der Waals surface area contributed by atoms with Gasteiger partial charge in [-0.15, -0.1) is 0 Å². The number of benzene rings is 1. The van der Waals surface area contributed by atoms with Gasteiger partial charge < -0.3 is 9.80 Å². The number of piperidine rings is 1. The van der Waals surface area contributed by atoms with Crippen molar-refractivity contribution in [3.05, 3.63) is 34.6 Å². The van der Waals surface area contributed by atoms with E-state index in [4.69, 9.17) is 11.6 Å². The third kappa shape index (κ3) is 3.74. The van der Waals surface area contributed by atoms with E-state index in [0.29, 0.717) is 24.2 Å². The van der Waals surface area contributed by atoms with E-state index in [1.54, 1.807) is 4.90 Å². The summed E-state index contributed by atoms with van der Waals surface area (Å²) in [5.41, 5.74) is 0.0730. The molecule has 0 saturated carbocycles. The van der Waals surface area contributed by atoms with Gasteiger partial charge in [0.2, 0.25) is 0 Å². The normalized spacial score (nSPS) is 16.5. The van der Waals surface area contributed by atoms with E-state index in [2.05, 4.69) is 18.7 Å². The second-order valence-corrected chi connectivity index (χ2v) is 5.81. The van der Waals surface area contributed by atoms with Crippen LogP contribution in [0.5, 0.6) is 0 Å². The molecule has 0 bridgehead atoms. The number of likely N-dealkylation sites (tertiary alicyclic amines) is 1. The summed E-state index contributed by atoms with van der Waals surface area (Å²) < 4.78 is 13.8. The summed E-state index contributed by atoms with van der Waals surface area (Å²) in [6, 6.07) is 4.64. The fourth-order valence-electron chi connectivity index (χ4n) is 3.01. The van der Waals surface area contributed by atoms with Gasteiger partial charge in [-0.1, -0.05) is 25.4 Å². The van der Waals surface area contributed by atoms with E-state index >= 15 is 0 Å². The van der Waals surface area contributed by atoms with Crippen molar-refractivity contribution in [3.63, 3.8) is 0 Å². The first-order valence-corrected chi connectivity index (χ1v) is 7.93. The van der Waals surface area contributed by atoms with Crippen LogP contribution in [0, 0.1) is 5.82 Å². The Balaban J connectivity index is 2.02. The van der Waals surface area contributed by atoms with Crippen LogP contribution in [0.15, 0.2) is 18.2 Å². The first-order chi connectivity index (χ1) is 10.1. The molecule has 5 heteroatoms. The van der Waals surface area contributed by atoms with Gasteiger partial charge in [-0.25, -0.2) is 4.39 Å². The Morgan fingerprint density at radius 2 is 1.95 bits per heavy atom. The SMILES string of the molecule is CCN(CC)C1CCN(C(=O)c2cc(Cl)ccc2F)CC1. The second kappa shape index (κ2) is 7.23. The maximum atomic E-state index is 13.8. The lowest BCUT2D eigenvalue weighted by Gasteiger charge is -2.37. The predicted molar refractivity (Wildman–Crippen MR) is 83.3 cm³/mol. The van der Waals surface area contributed by atoms with Crippen LogP contribution in [0.2, 0.25) is 5.02 Å². The minimum absolute atomic E-state index is 0.0730. The van der Waals surface area contributed by atoms with Gasteiger partial charge in [0.15, 0.2) is 0 Å². The van der Waals surface area contributed by atoms with E-state index < -0.39 is 5.82 Å². The number of amides is 1. The molecule has 2 rings (SSSR count). The van der Waals surface area contributed by atoms with Crippen LogP contribution in [0.25, 0.3) is 0 Å².